The monoisotopic (exact) mass is 369 g/mol. The maximum atomic E-state index is 11.4. The highest BCUT2D eigenvalue weighted by Gasteiger charge is 2.46. The molecule has 0 radical (unpaired) electrons. The van der Waals surface area contributed by atoms with Crippen molar-refractivity contribution in [2.24, 2.45) is 0 Å². The quantitative estimate of drug-likeness (QED) is 0.330. The van der Waals surface area contributed by atoms with Gasteiger partial charge >= 0.3 is 0 Å². The van der Waals surface area contributed by atoms with Crippen molar-refractivity contribution in [3.8, 4) is 0 Å². The van der Waals surface area contributed by atoms with E-state index < -0.39 is 37.3 Å². The molecule has 2 amide bonds. The van der Waals surface area contributed by atoms with Crippen LogP contribution in [0.4, 0.5) is 17.1 Å². The van der Waals surface area contributed by atoms with E-state index in [4.69, 9.17) is 9.84 Å². The Hall–Kier alpha value is -2.24. The van der Waals surface area contributed by atoms with Crippen molar-refractivity contribution >= 4 is 28.9 Å². The summed E-state index contributed by atoms with van der Waals surface area (Å²) in [4.78, 5) is 22.6. The third-order valence-corrected chi connectivity index (χ3v) is 3.82. The molecule has 7 N–H and O–H groups in total. The summed E-state index contributed by atoms with van der Waals surface area (Å²) >= 11 is 0. The van der Waals surface area contributed by atoms with Crippen LogP contribution in [0.3, 0.4) is 0 Å². The zero-order chi connectivity index (χ0) is 19.4. The van der Waals surface area contributed by atoms with Gasteiger partial charge in [0.05, 0.1) is 18.0 Å². The Morgan fingerprint density at radius 2 is 1.77 bits per heavy atom. The number of ether oxygens (including phenoxy) is 1. The molecular weight excluding hydrogens is 346 g/mol. The minimum absolute atomic E-state index is 0.290. The summed E-state index contributed by atoms with van der Waals surface area (Å²) in [5.41, 5.74) is 1.12. The number of aliphatic hydroxyl groups excluding tert-OH is 4. The number of hydrogen-bond donors (Lipinski definition) is 7. The number of amides is 2. The molecule has 1 unspecified atom stereocenters. The number of nitrogens with one attached hydrogen (secondary N) is 3. The Morgan fingerprint density at radius 3 is 2.35 bits per heavy atom. The van der Waals surface area contributed by atoms with Crippen LogP contribution in [-0.2, 0) is 14.3 Å². The highest BCUT2D eigenvalue weighted by molar-refractivity contribution is 5.95. The second-order valence-electron chi connectivity index (χ2n) is 6.02. The van der Waals surface area contributed by atoms with Gasteiger partial charge in [0.1, 0.15) is 24.4 Å². The normalized spacial score (nSPS) is 26.2. The van der Waals surface area contributed by atoms with Crippen molar-refractivity contribution < 1.29 is 34.8 Å². The summed E-state index contributed by atoms with van der Waals surface area (Å²) in [7, 11) is 0. The number of benzene rings is 1. The summed E-state index contributed by atoms with van der Waals surface area (Å²) < 4.78 is 5.40. The van der Waals surface area contributed by atoms with E-state index in [1.165, 1.54) is 19.9 Å². The van der Waals surface area contributed by atoms with Crippen LogP contribution in [-0.4, -0.2) is 69.5 Å². The van der Waals surface area contributed by atoms with Gasteiger partial charge in [-0.2, -0.15) is 0 Å². The van der Waals surface area contributed by atoms with Crippen LogP contribution in [0, 0.1) is 0 Å². The zero-order valence-corrected chi connectivity index (χ0v) is 14.3. The molecule has 1 heterocycles. The first-order chi connectivity index (χ1) is 12.2. The van der Waals surface area contributed by atoms with E-state index in [1.807, 2.05) is 0 Å². The standard InChI is InChI=1S/C16H23N3O7/c1-7(21)17-9-3-4-10(18-8(2)22)11(5-9)19-16-14(25)13(24)15(26-16)12(23)6-20/h3-5,12-16,19-20,23-25H,6H2,1-2H3,(H,17,21)(H,18,22)/t12?,13-,14-,15-,16+/m1/s1. The molecule has 10 nitrogen and oxygen atoms in total. The molecule has 1 aromatic rings. The Bertz CT molecular complexity index is 669. The third-order valence-electron chi connectivity index (χ3n) is 3.82. The van der Waals surface area contributed by atoms with Gasteiger partial charge < -0.3 is 41.1 Å². The lowest BCUT2D eigenvalue weighted by Crippen LogP contribution is -2.40. The molecule has 0 saturated carbocycles. The number of rotatable bonds is 6. The first-order valence-corrected chi connectivity index (χ1v) is 7.99. The molecule has 1 saturated heterocycles. The molecule has 144 valence electrons. The molecular formula is C16H23N3O7. The fourth-order valence-corrected chi connectivity index (χ4v) is 2.64. The predicted octanol–water partition coefficient (Wildman–Crippen LogP) is -1.18. The van der Waals surface area contributed by atoms with E-state index in [0.717, 1.165) is 0 Å². The van der Waals surface area contributed by atoms with Gasteiger partial charge in [-0.25, -0.2) is 0 Å². The van der Waals surface area contributed by atoms with Gasteiger partial charge in [0.2, 0.25) is 11.8 Å². The van der Waals surface area contributed by atoms with Gasteiger partial charge in [0.15, 0.2) is 6.23 Å². The summed E-state index contributed by atoms with van der Waals surface area (Å²) in [5.74, 6) is -0.622. The molecule has 0 aliphatic carbocycles. The summed E-state index contributed by atoms with van der Waals surface area (Å²) in [6.07, 6.45) is -6.48. The van der Waals surface area contributed by atoms with Gasteiger partial charge in [0.25, 0.3) is 0 Å². The largest absolute Gasteiger partial charge is 0.394 e. The molecule has 2 rings (SSSR count). The van der Waals surface area contributed by atoms with E-state index in [1.54, 1.807) is 12.1 Å². The molecule has 0 bridgehead atoms. The Balaban J connectivity index is 2.25. The number of anilines is 3. The summed E-state index contributed by atoms with van der Waals surface area (Å²) in [6, 6.07) is 4.65. The van der Waals surface area contributed by atoms with E-state index >= 15 is 0 Å². The smallest absolute Gasteiger partial charge is 0.221 e. The van der Waals surface area contributed by atoms with Crippen molar-refractivity contribution in [3.63, 3.8) is 0 Å². The van der Waals surface area contributed by atoms with Gasteiger partial charge in [-0.3, -0.25) is 9.59 Å². The van der Waals surface area contributed by atoms with E-state index in [2.05, 4.69) is 16.0 Å². The minimum atomic E-state index is -1.42. The maximum Gasteiger partial charge on any atom is 0.221 e. The predicted molar refractivity (Wildman–Crippen MR) is 92.4 cm³/mol. The molecule has 26 heavy (non-hydrogen) atoms. The van der Waals surface area contributed by atoms with Crippen molar-refractivity contribution in [2.45, 2.75) is 44.5 Å². The van der Waals surface area contributed by atoms with E-state index in [9.17, 15) is 24.9 Å². The van der Waals surface area contributed by atoms with Crippen molar-refractivity contribution in [2.75, 3.05) is 22.6 Å². The molecule has 1 aliphatic rings. The highest BCUT2D eigenvalue weighted by Crippen LogP contribution is 2.31. The lowest BCUT2D eigenvalue weighted by molar-refractivity contribution is -0.115. The number of aliphatic hydroxyl groups is 4. The topological polar surface area (TPSA) is 160 Å². The Morgan fingerprint density at radius 1 is 1.12 bits per heavy atom. The van der Waals surface area contributed by atoms with Crippen LogP contribution in [0.15, 0.2) is 18.2 Å². The zero-order valence-electron chi connectivity index (χ0n) is 14.3. The first kappa shape index (κ1) is 20.1. The molecule has 5 atom stereocenters. The molecule has 1 aromatic carbocycles. The summed E-state index contributed by atoms with van der Waals surface area (Å²) in [6.45, 7) is 2.02. The second kappa shape index (κ2) is 8.43. The Kier molecular flexibility index (Phi) is 6.51. The first-order valence-electron chi connectivity index (χ1n) is 7.99. The summed E-state index contributed by atoms with van der Waals surface area (Å²) in [5, 5.41) is 46.8. The van der Waals surface area contributed by atoms with Crippen molar-refractivity contribution in [1.29, 1.82) is 0 Å². The van der Waals surface area contributed by atoms with Gasteiger partial charge in [-0.05, 0) is 18.2 Å². The average Bonchev–Trinajstić information content (AvgIpc) is 2.84. The second-order valence-corrected chi connectivity index (χ2v) is 6.02. The van der Waals surface area contributed by atoms with Crippen LogP contribution < -0.4 is 16.0 Å². The fourth-order valence-electron chi connectivity index (χ4n) is 2.64. The third kappa shape index (κ3) is 4.68. The fraction of sp³-hybridized carbons (Fsp3) is 0.500. The number of carbonyl (C=O) groups excluding carboxylic acids is 2. The molecule has 0 aromatic heterocycles. The lowest BCUT2D eigenvalue weighted by Gasteiger charge is -2.21. The van der Waals surface area contributed by atoms with Crippen LogP contribution >= 0.6 is 0 Å². The van der Waals surface area contributed by atoms with Crippen molar-refractivity contribution in [3.05, 3.63) is 18.2 Å². The van der Waals surface area contributed by atoms with E-state index in [-0.39, 0.29) is 11.8 Å². The number of hydrogen-bond acceptors (Lipinski definition) is 8. The average molecular weight is 369 g/mol. The Labute approximate surface area is 149 Å². The van der Waals surface area contributed by atoms with Crippen molar-refractivity contribution in [1.82, 2.24) is 0 Å². The van der Waals surface area contributed by atoms with Crippen LogP contribution in [0.2, 0.25) is 0 Å². The lowest BCUT2D eigenvalue weighted by atomic mass is 10.1. The highest BCUT2D eigenvalue weighted by atomic mass is 16.6. The molecule has 1 aliphatic heterocycles. The van der Waals surface area contributed by atoms with Gasteiger partial charge in [-0.15, -0.1) is 0 Å². The van der Waals surface area contributed by atoms with Crippen LogP contribution in [0.5, 0.6) is 0 Å². The maximum absolute atomic E-state index is 11.4. The van der Waals surface area contributed by atoms with E-state index in [0.29, 0.717) is 17.1 Å². The minimum Gasteiger partial charge on any atom is -0.394 e. The number of carbonyl (C=O) groups is 2. The SMILES string of the molecule is CC(=O)Nc1ccc(NC(C)=O)c(N[C@H]2O[C@H](C(O)CO)[C@H](O)[C@H]2O)c1. The van der Waals surface area contributed by atoms with Crippen LogP contribution in [0.1, 0.15) is 13.8 Å². The van der Waals surface area contributed by atoms with Gasteiger partial charge in [-0.1, -0.05) is 0 Å². The van der Waals surface area contributed by atoms with Crippen LogP contribution in [0.25, 0.3) is 0 Å². The van der Waals surface area contributed by atoms with Gasteiger partial charge in [0, 0.05) is 19.5 Å². The molecule has 0 spiro atoms. The molecule has 10 heteroatoms. The molecule has 1 fully saturated rings.